The van der Waals surface area contributed by atoms with Crippen LogP contribution in [0.15, 0.2) is 42.5 Å². The van der Waals surface area contributed by atoms with Crippen molar-refractivity contribution in [2.24, 2.45) is 0 Å². The number of carbonyl (C=O) groups excluding carboxylic acids is 1. The summed E-state index contributed by atoms with van der Waals surface area (Å²) in [6, 6.07) is 12.4. The van der Waals surface area contributed by atoms with Gasteiger partial charge in [-0.3, -0.25) is 4.79 Å². The molecule has 8 heteroatoms. The number of halogens is 1. The zero-order valence-corrected chi connectivity index (χ0v) is 16.2. The molecule has 0 saturated heterocycles. The fourth-order valence-electron chi connectivity index (χ4n) is 2.26. The lowest BCUT2D eigenvalue weighted by Crippen LogP contribution is -2.29. The number of benzene rings is 2. The van der Waals surface area contributed by atoms with Crippen LogP contribution in [0.1, 0.15) is 16.7 Å². The van der Waals surface area contributed by atoms with Gasteiger partial charge in [-0.15, -0.1) is 0 Å². The molecule has 0 atom stereocenters. The Morgan fingerprint density at radius 1 is 1.15 bits per heavy atom. The van der Waals surface area contributed by atoms with E-state index in [9.17, 15) is 13.2 Å². The molecule has 6 nitrogen and oxygen atoms in total. The summed E-state index contributed by atoms with van der Waals surface area (Å²) in [5.74, 6) is -0.0264. The second-order valence-electron chi connectivity index (χ2n) is 5.73. The van der Waals surface area contributed by atoms with Crippen LogP contribution in [0.25, 0.3) is 0 Å². The summed E-state index contributed by atoms with van der Waals surface area (Å²) in [6.45, 7) is 1.93. The van der Waals surface area contributed by atoms with Gasteiger partial charge in [0.2, 0.25) is 10.0 Å². The van der Waals surface area contributed by atoms with E-state index < -0.39 is 10.0 Å². The Labute approximate surface area is 158 Å². The minimum absolute atomic E-state index is 0.148. The van der Waals surface area contributed by atoms with Crippen molar-refractivity contribution in [1.82, 2.24) is 10.0 Å². The number of hydrogen-bond donors (Lipinski definition) is 2. The van der Waals surface area contributed by atoms with Gasteiger partial charge in [-0.25, -0.2) is 13.1 Å². The van der Waals surface area contributed by atoms with Crippen molar-refractivity contribution >= 4 is 27.5 Å². The van der Waals surface area contributed by atoms with Gasteiger partial charge < -0.3 is 10.1 Å². The number of nitrogens with one attached hydrogen (secondary N) is 2. The lowest BCUT2D eigenvalue weighted by atomic mass is 10.1. The van der Waals surface area contributed by atoms with Gasteiger partial charge in [-0.2, -0.15) is 0 Å². The Hall–Kier alpha value is -2.09. The van der Waals surface area contributed by atoms with Gasteiger partial charge in [-0.05, 0) is 42.8 Å². The lowest BCUT2D eigenvalue weighted by molar-refractivity contribution is -0.123. The van der Waals surface area contributed by atoms with Crippen LogP contribution >= 0.6 is 11.6 Å². The summed E-state index contributed by atoms with van der Waals surface area (Å²) >= 11 is 6.03. The number of amides is 1. The minimum atomic E-state index is -3.39. The third-order valence-electron chi connectivity index (χ3n) is 3.70. The van der Waals surface area contributed by atoms with Gasteiger partial charge in [0.1, 0.15) is 5.75 Å². The van der Waals surface area contributed by atoms with Crippen LogP contribution in [0.4, 0.5) is 0 Å². The predicted octanol–water partition coefficient (Wildman–Crippen LogP) is 2.39. The van der Waals surface area contributed by atoms with Crippen molar-refractivity contribution in [1.29, 1.82) is 0 Å². The van der Waals surface area contributed by atoms with Gasteiger partial charge in [0.25, 0.3) is 5.91 Å². The zero-order valence-electron chi connectivity index (χ0n) is 14.6. The number of carbonyl (C=O) groups is 1. The van der Waals surface area contributed by atoms with Crippen molar-refractivity contribution in [2.45, 2.75) is 19.2 Å². The maximum absolute atomic E-state index is 12.0. The number of sulfonamides is 1. The van der Waals surface area contributed by atoms with Crippen molar-refractivity contribution in [3.63, 3.8) is 0 Å². The molecule has 0 bridgehead atoms. The van der Waals surface area contributed by atoms with E-state index in [1.807, 2.05) is 13.0 Å². The average Bonchev–Trinajstić information content (AvgIpc) is 2.61. The molecule has 0 heterocycles. The van der Waals surface area contributed by atoms with E-state index in [2.05, 4.69) is 10.0 Å². The SMILES string of the molecule is CNS(=O)(=O)Cc1ccccc1CNC(=O)COc1cc(C)ccc1Cl. The molecular weight excluding hydrogens is 376 g/mol. The van der Waals surface area contributed by atoms with Crippen LogP contribution in [-0.4, -0.2) is 28.0 Å². The normalized spacial score (nSPS) is 11.2. The highest BCUT2D eigenvalue weighted by Gasteiger charge is 2.13. The van der Waals surface area contributed by atoms with Crippen molar-refractivity contribution in [3.05, 3.63) is 64.2 Å². The zero-order chi connectivity index (χ0) is 19.2. The molecule has 2 aromatic carbocycles. The summed E-state index contributed by atoms with van der Waals surface area (Å²) in [6.07, 6.45) is 0. The maximum Gasteiger partial charge on any atom is 0.258 e. The van der Waals surface area contributed by atoms with Crippen LogP contribution in [0.2, 0.25) is 5.02 Å². The molecule has 0 fully saturated rings. The van der Waals surface area contributed by atoms with E-state index >= 15 is 0 Å². The predicted molar refractivity (Wildman–Crippen MR) is 102 cm³/mol. The Balaban J connectivity index is 1.94. The van der Waals surface area contributed by atoms with Gasteiger partial charge in [0.15, 0.2) is 6.61 Å². The molecular formula is C18H21ClN2O4S. The molecule has 2 N–H and O–H groups in total. The molecule has 0 aliphatic carbocycles. The van der Waals surface area contributed by atoms with Gasteiger partial charge in [-0.1, -0.05) is 41.9 Å². The van der Waals surface area contributed by atoms with E-state index in [-0.39, 0.29) is 24.8 Å². The van der Waals surface area contributed by atoms with Crippen LogP contribution in [0, 0.1) is 6.92 Å². The number of ether oxygens (including phenoxy) is 1. The Morgan fingerprint density at radius 2 is 1.85 bits per heavy atom. The second kappa shape index (κ2) is 9.02. The molecule has 140 valence electrons. The van der Waals surface area contributed by atoms with Crippen LogP contribution in [0.5, 0.6) is 5.75 Å². The Morgan fingerprint density at radius 3 is 2.54 bits per heavy atom. The highest BCUT2D eigenvalue weighted by molar-refractivity contribution is 7.88. The van der Waals surface area contributed by atoms with Crippen molar-refractivity contribution in [3.8, 4) is 5.75 Å². The first-order valence-electron chi connectivity index (χ1n) is 7.94. The third kappa shape index (κ3) is 6.01. The second-order valence-corrected chi connectivity index (χ2v) is 8.06. The number of hydrogen-bond acceptors (Lipinski definition) is 4. The molecule has 0 saturated carbocycles. The molecule has 0 radical (unpaired) electrons. The standard InChI is InChI=1S/C18H21ClN2O4S/c1-13-7-8-16(19)17(9-13)25-11-18(22)21-10-14-5-3-4-6-15(14)12-26(23,24)20-2/h3-9,20H,10-12H2,1-2H3,(H,21,22). The van der Waals surface area contributed by atoms with E-state index in [0.717, 1.165) is 11.1 Å². The number of aryl methyl sites for hydroxylation is 1. The van der Waals surface area contributed by atoms with Crippen LogP contribution in [0.3, 0.4) is 0 Å². The van der Waals surface area contributed by atoms with Gasteiger partial charge in [0, 0.05) is 6.54 Å². The number of rotatable bonds is 8. The Kier molecular flexibility index (Phi) is 7.02. The molecule has 2 aromatic rings. The summed E-state index contributed by atoms with van der Waals surface area (Å²) in [5, 5.41) is 3.16. The largest absolute Gasteiger partial charge is 0.482 e. The van der Waals surface area contributed by atoms with Gasteiger partial charge >= 0.3 is 0 Å². The van der Waals surface area contributed by atoms with Gasteiger partial charge in [0.05, 0.1) is 10.8 Å². The summed E-state index contributed by atoms with van der Waals surface area (Å²) in [4.78, 5) is 12.0. The average molecular weight is 397 g/mol. The van der Waals surface area contributed by atoms with E-state index in [1.54, 1.807) is 36.4 Å². The van der Waals surface area contributed by atoms with E-state index in [1.165, 1.54) is 7.05 Å². The summed E-state index contributed by atoms with van der Waals surface area (Å²) < 4.78 is 31.2. The first kappa shape index (κ1) is 20.2. The smallest absolute Gasteiger partial charge is 0.258 e. The topological polar surface area (TPSA) is 84.5 Å². The highest BCUT2D eigenvalue weighted by Crippen LogP contribution is 2.25. The van der Waals surface area contributed by atoms with E-state index in [4.69, 9.17) is 16.3 Å². The van der Waals surface area contributed by atoms with Crippen LogP contribution in [-0.2, 0) is 27.1 Å². The molecule has 26 heavy (non-hydrogen) atoms. The lowest BCUT2D eigenvalue weighted by Gasteiger charge is -2.12. The molecule has 0 spiro atoms. The van der Waals surface area contributed by atoms with Crippen molar-refractivity contribution in [2.75, 3.05) is 13.7 Å². The highest BCUT2D eigenvalue weighted by atomic mass is 35.5. The molecule has 0 aliphatic heterocycles. The summed E-state index contributed by atoms with van der Waals surface area (Å²) in [5.41, 5.74) is 2.34. The Bertz CT molecular complexity index is 885. The quantitative estimate of drug-likeness (QED) is 0.717. The first-order chi connectivity index (χ1) is 12.3. The summed E-state index contributed by atoms with van der Waals surface area (Å²) in [7, 11) is -2.02. The molecule has 0 aromatic heterocycles. The monoisotopic (exact) mass is 396 g/mol. The van der Waals surface area contributed by atoms with Crippen molar-refractivity contribution < 1.29 is 17.9 Å². The maximum atomic E-state index is 12.0. The first-order valence-corrected chi connectivity index (χ1v) is 9.97. The minimum Gasteiger partial charge on any atom is -0.482 e. The molecule has 0 aliphatic rings. The third-order valence-corrected chi connectivity index (χ3v) is 5.32. The van der Waals surface area contributed by atoms with Crippen LogP contribution < -0.4 is 14.8 Å². The molecule has 1 amide bonds. The molecule has 0 unspecified atom stereocenters. The fourth-order valence-corrected chi connectivity index (χ4v) is 3.26. The molecule has 2 rings (SSSR count). The van der Waals surface area contributed by atoms with E-state index in [0.29, 0.717) is 16.3 Å². The fraction of sp³-hybridized carbons (Fsp3) is 0.278.